The van der Waals surface area contributed by atoms with Gasteiger partial charge in [-0.05, 0) is 33.8 Å². The van der Waals surface area contributed by atoms with Crippen LogP contribution in [0.5, 0.6) is 0 Å². The topological polar surface area (TPSA) is 12.0 Å². The van der Waals surface area contributed by atoms with Crippen molar-refractivity contribution < 1.29 is 0 Å². The molecule has 1 saturated carbocycles. The van der Waals surface area contributed by atoms with Crippen molar-refractivity contribution in [2.24, 2.45) is 5.41 Å². The fourth-order valence-electron chi connectivity index (χ4n) is 1.89. The fraction of sp³-hybridized carbons (Fsp3) is 0.636. The Morgan fingerprint density at radius 3 is 2.87 bits per heavy atom. The van der Waals surface area contributed by atoms with Crippen LogP contribution in [-0.4, -0.2) is 11.4 Å². The van der Waals surface area contributed by atoms with Crippen LogP contribution in [0.3, 0.4) is 0 Å². The molecule has 0 aliphatic heterocycles. The van der Waals surface area contributed by atoms with E-state index in [2.05, 4.69) is 46.5 Å². The number of halogens is 2. The number of thiophene rings is 1. The molecule has 0 spiro atoms. The zero-order chi connectivity index (χ0) is 11.1. The molecule has 1 N–H and O–H groups in total. The van der Waals surface area contributed by atoms with Crippen LogP contribution < -0.4 is 5.32 Å². The molecule has 0 aromatic carbocycles. The lowest BCUT2D eigenvalue weighted by atomic mass is 9.67. The maximum atomic E-state index is 6.18. The van der Waals surface area contributed by atoms with Gasteiger partial charge in [0.1, 0.15) is 0 Å². The van der Waals surface area contributed by atoms with Crippen LogP contribution in [0.15, 0.2) is 15.9 Å². The number of hydrogen-bond donors (Lipinski definition) is 1. The molecule has 1 aromatic rings. The quantitative estimate of drug-likeness (QED) is 0.832. The minimum absolute atomic E-state index is 0.232. The number of hydrogen-bond acceptors (Lipinski definition) is 2. The molecule has 1 fully saturated rings. The molecule has 2 atom stereocenters. The lowest BCUT2D eigenvalue weighted by Gasteiger charge is -2.49. The maximum Gasteiger partial charge on any atom is 0.0416 e. The highest BCUT2D eigenvalue weighted by atomic mass is 79.9. The number of alkyl halides is 1. The Hall–Kier alpha value is 0.430. The summed E-state index contributed by atoms with van der Waals surface area (Å²) in [5.74, 6) is 0. The number of nitrogens with one attached hydrogen (secondary N) is 1. The van der Waals surface area contributed by atoms with Gasteiger partial charge in [-0.3, -0.25) is 0 Å². The first-order valence-corrected chi connectivity index (χ1v) is 7.21. The van der Waals surface area contributed by atoms with Crippen LogP contribution in [0, 0.1) is 5.41 Å². The highest BCUT2D eigenvalue weighted by molar-refractivity contribution is 9.10. The first kappa shape index (κ1) is 11.9. The van der Waals surface area contributed by atoms with E-state index in [1.807, 2.05) is 0 Å². The normalized spacial score (nSPS) is 28.8. The Morgan fingerprint density at radius 2 is 2.40 bits per heavy atom. The summed E-state index contributed by atoms with van der Waals surface area (Å²) in [4.78, 5) is 1.37. The molecule has 1 aliphatic rings. The summed E-state index contributed by atoms with van der Waals surface area (Å²) in [6, 6.07) is 2.72. The van der Waals surface area contributed by atoms with Gasteiger partial charge in [-0.1, -0.05) is 13.8 Å². The average molecular weight is 309 g/mol. The van der Waals surface area contributed by atoms with E-state index < -0.39 is 0 Å². The summed E-state index contributed by atoms with van der Waals surface area (Å²) in [5, 5.41) is 6.02. The Morgan fingerprint density at radius 1 is 1.67 bits per heavy atom. The van der Waals surface area contributed by atoms with Crippen molar-refractivity contribution in [3.05, 3.63) is 20.8 Å². The van der Waals surface area contributed by atoms with Crippen LogP contribution in [0.25, 0.3) is 0 Å². The molecule has 4 heteroatoms. The monoisotopic (exact) mass is 307 g/mol. The Balaban J connectivity index is 1.85. The Labute approximate surface area is 108 Å². The second kappa shape index (κ2) is 4.36. The molecular formula is C11H15BrClNS. The van der Waals surface area contributed by atoms with Gasteiger partial charge in [0, 0.05) is 32.7 Å². The second-order valence-corrected chi connectivity index (χ2v) is 7.13. The molecule has 1 aliphatic carbocycles. The predicted molar refractivity (Wildman–Crippen MR) is 70.7 cm³/mol. The molecule has 1 nitrogen and oxygen atoms in total. The Bertz CT molecular complexity index is 350. The first-order valence-electron chi connectivity index (χ1n) is 5.10. The van der Waals surface area contributed by atoms with Crippen molar-refractivity contribution in [1.29, 1.82) is 0 Å². The summed E-state index contributed by atoms with van der Waals surface area (Å²) >= 11 is 11.4. The van der Waals surface area contributed by atoms with Gasteiger partial charge in [-0.2, -0.15) is 0 Å². The van der Waals surface area contributed by atoms with Crippen molar-refractivity contribution >= 4 is 38.9 Å². The van der Waals surface area contributed by atoms with Gasteiger partial charge < -0.3 is 5.32 Å². The van der Waals surface area contributed by atoms with Gasteiger partial charge in [-0.15, -0.1) is 22.9 Å². The summed E-state index contributed by atoms with van der Waals surface area (Å²) < 4.78 is 1.17. The molecule has 0 radical (unpaired) electrons. The third-order valence-electron chi connectivity index (χ3n) is 3.29. The lowest BCUT2D eigenvalue weighted by molar-refractivity contribution is 0.116. The highest BCUT2D eigenvalue weighted by Gasteiger charge is 2.46. The van der Waals surface area contributed by atoms with Crippen molar-refractivity contribution in [2.75, 3.05) is 0 Å². The van der Waals surface area contributed by atoms with Gasteiger partial charge in [0.15, 0.2) is 0 Å². The van der Waals surface area contributed by atoms with Crippen molar-refractivity contribution in [3.63, 3.8) is 0 Å². The van der Waals surface area contributed by atoms with Gasteiger partial charge in [-0.25, -0.2) is 0 Å². The summed E-state index contributed by atoms with van der Waals surface area (Å²) in [6.07, 6.45) is 1.08. The van der Waals surface area contributed by atoms with E-state index in [0.717, 1.165) is 13.0 Å². The second-order valence-electron chi connectivity index (χ2n) is 4.69. The molecule has 84 valence electrons. The van der Waals surface area contributed by atoms with E-state index in [1.54, 1.807) is 11.3 Å². The molecule has 0 saturated heterocycles. The maximum absolute atomic E-state index is 6.18. The minimum Gasteiger partial charge on any atom is -0.308 e. The fourth-order valence-corrected chi connectivity index (χ4v) is 3.62. The average Bonchev–Trinajstić information content (AvgIpc) is 2.58. The largest absolute Gasteiger partial charge is 0.308 e. The molecular weight excluding hydrogens is 294 g/mol. The lowest BCUT2D eigenvalue weighted by Crippen LogP contribution is -2.57. The Kier molecular flexibility index (Phi) is 3.46. The minimum atomic E-state index is 0.232. The third-order valence-corrected chi connectivity index (χ3v) is 5.73. The van der Waals surface area contributed by atoms with E-state index in [0.29, 0.717) is 11.4 Å². The van der Waals surface area contributed by atoms with Crippen molar-refractivity contribution in [3.8, 4) is 0 Å². The SMILES string of the molecule is CC1(C)C(Cl)CC1NCc1cc(Br)cs1. The van der Waals surface area contributed by atoms with E-state index in [-0.39, 0.29) is 5.41 Å². The predicted octanol–water partition coefficient (Wildman–Crippen LogP) is 4.01. The van der Waals surface area contributed by atoms with E-state index in [4.69, 9.17) is 11.6 Å². The van der Waals surface area contributed by atoms with Crippen LogP contribution in [0.1, 0.15) is 25.1 Å². The van der Waals surface area contributed by atoms with Gasteiger partial charge in [0.05, 0.1) is 0 Å². The molecule has 1 heterocycles. The van der Waals surface area contributed by atoms with Crippen LogP contribution in [0.4, 0.5) is 0 Å². The molecule has 15 heavy (non-hydrogen) atoms. The molecule has 2 unspecified atom stereocenters. The van der Waals surface area contributed by atoms with Crippen molar-refractivity contribution in [1.82, 2.24) is 5.32 Å². The van der Waals surface area contributed by atoms with E-state index in [9.17, 15) is 0 Å². The summed E-state index contributed by atoms with van der Waals surface area (Å²) in [7, 11) is 0. The molecule has 0 amide bonds. The molecule has 0 bridgehead atoms. The highest BCUT2D eigenvalue weighted by Crippen LogP contribution is 2.44. The van der Waals surface area contributed by atoms with Crippen LogP contribution in [0.2, 0.25) is 0 Å². The van der Waals surface area contributed by atoms with Gasteiger partial charge in [0.2, 0.25) is 0 Å². The first-order chi connectivity index (χ1) is 7.00. The molecule has 1 aromatic heterocycles. The summed E-state index contributed by atoms with van der Waals surface area (Å²) in [6.45, 7) is 5.42. The van der Waals surface area contributed by atoms with Crippen LogP contribution in [-0.2, 0) is 6.54 Å². The smallest absolute Gasteiger partial charge is 0.0416 e. The standard InChI is InChI=1S/C11H15BrClNS/c1-11(2)9(13)4-10(11)14-5-8-3-7(12)6-15-8/h3,6,9-10,14H,4-5H2,1-2H3. The van der Waals surface area contributed by atoms with Crippen LogP contribution >= 0.6 is 38.9 Å². The summed E-state index contributed by atoms with van der Waals surface area (Å²) in [5.41, 5.74) is 0.232. The zero-order valence-corrected chi connectivity index (χ0v) is 12.0. The number of rotatable bonds is 3. The van der Waals surface area contributed by atoms with E-state index in [1.165, 1.54) is 9.35 Å². The van der Waals surface area contributed by atoms with E-state index >= 15 is 0 Å². The van der Waals surface area contributed by atoms with Gasteiger partial charge >= 0.3 is 0 Å². The zero-order valence-electron chi connectivity index (χ0n) is 8.89. The van der Waals surface area contributed by atoms with Gasteiger partial charge in [0.25, 0.3) is 0 Å². The third kappa shape index (κ3) is 2.41. The van der Waals surface area contributed by atoms with Crippen molar-refractivity contribution in [2.45, 2.75) is 38.2 Å². The molecule has 2 rings (SSSR count).